The summed E-state index contributed by atoms with van der Waals surface area (Å²) < 4.78 is 29.3. The molecule has 1 aliphatic carbocycles. The van der Waals surface area contributed by atoms with Gasteiger partial charge in [0.2, 0.25) is 5.91 Å². The van der Waals surface area contributed by atoms with E-state index in [9.17, 15) is 23.2 Å². The van der Waals surface area contributed by atoms with E-state index in [4.69, 9.17) is 0 Å². The molecule has 0 bridgehead atoms. The molecule has 1 aromatic carbocycles. The topological polar surface area (TPSA) is 66.5 Å². The summed E-state index contributed by atoms with van der Waals surface area (Å²) in [6, 6.07) is 2.55. The summed E-state index contributed by atoms with van der Waals surface area (Å²) in [5.74, 6) is -2.64. The third kappa shape index (κ3) is 4.08. The molecule has 2 fully saturated rings. The number of hydrogen-bond donors (Lipinski definition) is 1. The van der Waals surface area contributed by atoms with Crippen LogP contribution in [0.15, 0.2) is 12.1 Å². The van der Waals surface area contributed by atoms with Crippen molar-refractivity contribution in [2.75, 3.05) is 25.0 Å². The SMILES string of the molecule is CNC(=O)CCC(C=O)c1c(F)cc(N2CC3(CCC(C=O)CC3)C2)cc1F. The van der Waals surface area contributed by atoms with Gasteiger partial charge < -0.3 is 19.8 Å². The third-order valence-corrected chi connectivity index (χ3v) is 6.26. The van der Waals surface area contributed by atoms with Crippen LogP contribution in [-0.4, -0.2) is 38.6 Å². The molecule has 1 saturated heterocycles. The predicted molar refractivity (Wildman–Crippen MR) is 101 cm³/mol. The van der Waals surface area contributed by atoms with Gasteiger partial charge in [-0.1, -0.05) is 0 Å². The Morgan fingerprint density at radius 1 is 1.25 bits per heavy atom. The van der Waals surface area contributed by atoms with Crippen molar-refractivity contribution in [3.8, 4) is 0 Å². The number of aldehydes is 2. The van der Waals surface area contributed by atoms with Crippen LogP contribution >= 0.6 is 0 Å². The first-order chi connectivity index (χ1) is 13.4. The molecule has 1 atom stereocenters. The van der Waals surface area contributed by atoms with E-state index in [0.717, 1.165) is 45.1 Å². The number of hydrogen-bond acceptors (Lipinski definition) is 4. The fraction of sp³-hybridized carbons (Fsp3) is 0.571. The number of nitrogens with zero attached hydrogens (tertiary/aromatic N) is 1. The zero-order valence-corrected chi connectivity index (χ0v) is 16.0. The van der Waals surface area contributed by atoms with Crippen molar-refractivity contribution in [2.45, 2.75) is 44.4 Å². The van der Waals surface area contributed by atoms with Crippen molar-refractivity contribution >= 4 is 24.2 Å². The first kappa shape index (κ1) is 20.4. The lowest BCUT2D eigenvalue weighted by molar-refractivity contribution is -0.120. The number of nitrogens with one attached hydrogen (secondary N) is 1. The number of rotatable bonds is 7. The van der Waals surface area contributed by atoms with Crippen molar-refractivity contribution in [2.24, 2.45) is 11.3 Å². The predicted octanol–water partition coefficient (Wildman–Crippen LogP) is 2.97. The molecule has 1 N–H and O–H groups in total. The summed E-state index contributed by atoms with van der Waals surface area (Å²) in [5.41, 5.74) is 0.339. The van der Waals surface area contributed by atoms with E-state index in [-0.39, 0.29) is 35.6 Å². The van der Waals surface area contributed by atoms with Crippen LogP contribution in [0.25, 0.3) is 0 Å². The molecule has 3 rings (SSSR count). The number of halogens is 2. The van der Waals surface area contributed by atoms with Crippen molar-refractivity contribution in [1.82, 2.24) is 5.32 Å². The molecule has 1 amide bonds. The second kappa shape index (κ2) is 8.37. The summed E-state index contributed by atoms with van der Waals surface area (Å²) in [5, 5.41) is 2.43. The van der Waals surface area contributed by atoms with E-state index in [1.54, 1.807) is 0 Å². The Morgan fingerprint density at radius 2 is 1.86 bits per heavy atom. The Bertz CT molecular complexity index is 729. The zero-order valence-electron chi connectivity index (χ0n) is 16.0. The summed E-state index contributed by atoms with van der Waals surface area (Å²) in [6.45, 7) is 1.45. The number of benzene rings is 1. The van der Waals surface area contributed by atoms with Crippen molar-refractivity contribution in [3.63, 3.8) is 0 Å². The Morgan fingerprint density at radius 3 is 2.36 bits per heavy atom. The average Bonchev–Trinajstić information content (AvgIpc) is 2.67. The normalized spacial score (nSPS) is 19.8. The van der Waals surface area contributed by atoms with Crippen LogP contribution in [0.1, 0.15) is 50.0 Å². The summed E-state index contributed by atoms with van der Waals surface area (Å²) in [7, 11) is 1.47. The van der Waals surface area contributed by atoms with Crippen molar-refractivity contribution < 1.29 is 23.2 Å². The molecule has 1 aromatic rings. The third-order valence-electron chi connectivity index (χ3n) is 6.26. The van der Waals surface area contributed by atoms with E-state index in [1.807, 2.05) is 4.90 Å². The van der Waals surface area contributed by atoms with E-state index >= 15 is 0 Å². The maximum atomic E-state index is 14.6. The van der Waals surface area contributed by atoms with Gasteiger partial charge in [0.05, 0.1) is 0 Å². The Kier molecular flexibility index (Phi) is 6.10. The highest BCUT2D eigenvalue weighted by Gasteiger charge is 2.45. The van der Waals surface area contributed by atoms with Gasteiger partial charge in [0.1, 0.15) is 24.2 Å². The van der Waals surface area contributed by atoms with Crippen LogP contribution in [0, 0.1) is 23.0 Å². The highest BCUT2D eigenvalue weighted by Crippen LogP contribution is 2.47. The second-order valence-electron chi connectivity index (χ2n) is 8.11. The molecule has 1 saturated carbocycles. The summed E-state index contributed by atoms with van der Waals surface area (Å²) in [4.78, 5) is 35.6. The highest BCUT2D eigenvalue weighted by molar-refractivity contribution is 5.76. The molecule has 0 radical (unpaired) electrons. The maximum absolute atomic E-state index is 14.6. The molecular weight excluding hydrogens is 366 g/mol. The van der Waals surface area contributed by atoms with Gasteiger partial charge in [0.15, 0.2) is 0 Å². The molecule has 152 valence electrons. The van der Waals surface area contributed by atoms with Crippen LogP contribution < -0.4 is 10.2 Å². The molecule has 28 heavy (non-hydrogen) atoms. The number of carbonyl (C=O) groups excluding carboxylic acids is 3. The molecule has 2 aliphatic rings. The van der Waals surface area contributed by atoms with Crippen LogP contribution in [0.5, 0.6) is 0 Å². The van der Waals surface area contributed by atoms with Gasteiger partial charge in [0.25, 0.3) is 0 Å². The molecule has 0 aromatic heterocycles. The lowest BCUT2D eigenvalue weighted by atomic mass is 9.66. The molecule has 1 aliphatic heterocycles. The minimum absolute atomic E-state index is 0.0248. The van der Waals surface area contributed by atoms with Crippen molar-refractivity contribution in [1.29, 1.82) is 0 Å². The first-order valence-corrected chi connectivity index (χ1v) is 9.76. The van der Waals surface area contributed by atoms with Gasteiger partial charge >= 0.3 is 0 Å². The standard InChI is InChI=1S/C21H26F2N2O3/c1-24-19(28)3-2-15(11-27)20-17(22)8-16(9-18(20)23)25-12-21(13-25)6-4-14(10-26)5-7-21/h8-11,14-15H,2-7,12-13H2,1H3,(H,24,28). The smallest absolute Gasteiger partial charge is 0.219 e. The maximum Gasteiger partial charge on any atom is 0.219 e. The molecule has 1 unspecified atom stereocenters. The minimum atomic E-state index is -0.993. The Hall–Kier alpha value is -2.31. The monoisotopic (exact) mass is 392 g/mol. The number of amides is 1. The molecule has 5 nitrogen and oxygen atoms in total. The van der Waals surface area contributed by atoms with E-state index in [2.05, 4.69) is 5.32 Å². The molecule has 1 heterocycles. The van der Waals surface area contributed by atoms with Crippen LogP contribution in [0.2, 0.25) is 0 Å². The number of anilines is 1. The van der Waals surface area contributed by atoms with Gasteiger partial charge in [-0.05, 0) is 44.2 Å². The Balaban J connectivity index is 1.68. The fourth-order valence-corrected chi connectivity index (χ4v) is 4.45. The summed E-state index contributed by atoms with van der Waals surface area (Å²) in [6.07, 6.45) is 5.29. The Labute approximate surface area is 163 Å². The lowest BCUT2D eigenvalue weighted by Crippen LogP contribution is -2.57. The number of carbonyl (C=O) groups is 3. The molecular formula is C21H26F2N2O3. The molecule has 1 spiro atoms. The van der Waals surface area contributed by atoms with Crippen LogP contribution in [0.3, 0.4) is 0 Å². The zero-order chi connectivity index (χ0) is 20.3. The van der Waals surface area contributed by atoms with E-state index in [0.29, 0.717) is 12.0 Å². The lowest BCUT2D eigenvalue weighted by Gasteiger charge is -2.54. The first-order valence-electron chi connectivity index (χ1n) is 9.76. The fourth-order valence-electron chi connectivity index (χ4n) is 4.45. The highest BCUT2D eigenvalue weighted by atomic mass is 19.1. The van der Waals surface area contributed by atoms with Gasteiger partial charge in [-0.3, -0.25) is 4.79 Å². The van der Waals surface area contributed by atoms with Crippen LogP contribution in [-0.2, 0) is 14.4 Å². The van der Waals surface area contributed by atoms with Crippen LogP contribution in [0.4, 0.5) is 14.5 Å². The van der Waals surface area contributed by atoms with E-state index < -0.39 is 17.6 Å². The quantitative estimate of drug-likeness (QED) is 0.725. The van der Waals surface area contributed by atoms with E-state index in [1.165, 1.54) is 19.2 Å². The van der Waals surface area contributed by atoms with Gasteiger partial charge in [0, 0.05) is 55.1 Å². The van der Waals surface area contributed by atoms with Gasteiger partial charge in [-0.15, -0.1) is 0 Å². The molecule has 7 heteroatoms. The van der Waals surface area contributed by atoms with Gasteiger partial charge in [-0.2, -0.15) is 0 Å². The largest absolute Gasteiger partial charge is 0.370 e. The second-order valence-corrected chi connectivity index (χ2v) is 8.11. The van der Waals surface area contributed by atoms with Crippen molar-refractivity contribution in [3.05, 3.63) is 29.3 Å². The average molecular weight is 392 g/mol. The minimum Gasteiger partial charge on any atom is -0.370 e. The van der Waals surface area contributed by atoms with Gasteiger partial charge in [-0.25, -0.2) is 8.78 Å². The summed E-state index contributed by atoms with van der Waals surface area (Å²) >= 11 is 0.